The molecule has 1 aliphatic rings. The molecule has 0 saturated carbocycles. The number of ether oxygens (including phenoxy) is 1. The molecule has 3 nitrogen and oxygen atoms in total. The molecule has 1 N–H and O–H groups in total. The standard InChI is InChI=1S/C18H27NO2/c1-13(2)17(12-18(20)19-9-10-21-3)16-8-7-14-5-4-6-15(14)11-16/h7-8,11,13,17H,4-6,9-10,12H2,1-3H3,(H,19,20). The maximum Gasteiger partial charge on any atom is 0.220 e. The molecule has 0 fully saturated rings. The Morgan fingerprint density at radius 2 is 2.05 bits per heavy atom. The van der Waals surface area contributed by atoms with Crippen molar-refractivity contribution < 1.29 is 9.53 Å². The van der Waals surface area contributed by atoms with Crippen molar-refractivity contribution in [2.24, 2.45) is 5.92 Å². The van der Waals surface area contributed by atoms with E-state index in [-0.39, 0.29) is 5.91 Å². The van der Waals surface area contributed by atoms with Crippen LogP contribution in [-0.4, -0.2) is 26.2 Å². The fourth-order valence-corrected chi connectivity index (χ4v) is 3.13. The summed E-state index contributed by atoms with van der Waals surface area (Å²) in [6.07, 6.45) is 4.22. The lowest BCUT2D eigenvalue weighted by atomic mass is 9.84. The SMILES string of the molecule is COCCNC(=O)CC(c1ccc2c(c1)CCC2)C(C)C. The number of nitrogens with one attached hydrogen (secondary N) is 1. The van der Waals surface area contributed by atoms with Crippen LogP contribution in [0.5, 0.6) is 0 Å². The quantitative estimate of drug-likeness (QED) is 0.783. The molecule has 0 aliphatic heterocycles. The molecule has 0 radical (unpaired) electrons. The van der Waals surface area contributed by atoms with E-state index >= 15 is 0 Å². The van der Waals surface area contributed by atoms with Crippen LogP contribution in [0.1, 0.15) is 49.3 Å². The average Bonchev–Trinajstić information content (AvgIpc) is 2.92. The van der Waals surface area contributed by atoms with Crippen molar-refractivity contribution in [2.75, 3.05) is 20.3 Å². The number of hydrogen-bond donors (Lipinski definition) is 1. The van der Waals surface area contributed by atoms with E-state index in [4.69, 9.17) is 4.74 Å². The van der Waals surface area contributed by atoms with Gasteiger partial charge in [0.25, 0.3) is 0 Å². The lowest BCUT2D eigenvalue weighted by Crippen LogP contribution is -2.29. The van der Waals surface area contributed by atoms with Crippen LogP contribution in [0.25, 0.3) is 0 Å². The summed E-state index contributed by atoms with van der Waals surface area (Å²) >= 11 is 0. The van der Waals surface area contributed by atoms with Crippen molar-refractivity contribution in [1.29, 1.82) is 0 Å². The largest absolute Gasteiger partial charge is 0.383 e. The van der Waals surface area contributed by atoms with E-state index in [1.165, 1.54) is 36.0 Å². The second-order valence-corrected chi connectivity index (χ2v) is 6.28. The summed E-state index contributed by atoms with van der Waals surface area (Å²) in [5, 5.41) is 2.93. The Morgan fingerprint density at radius 1 is 1.29 bits per heavy atom. The number of carbonyl (C=O) groups excluding carboxylic acids is 1. The summed E-state index contributed by atoms with van der Waals surface area (Å²) in [7, 11) is 1.65. The molecule has 0 bridgehead atoms. The van der Waals surface area contributed by atoms with Crippen molar-refractivity contribution in [2.45, 2.75) is 45.4 Å². The molecule has 3 heteroatoms. The molecule has 116 valence electrons. The second kappa shape index (κ2) is 7.60. The van der Waals surface area contributed by atoms with Crippen LogP contribution in [0, 0.1) is 5.92 Å². The Balaban J connectivity index is 2.03. The van der Waals surface area contributed by atoms with Gasteiger partial charge in [-0.1, -0.05) is 32.0 Å². The fourth-order valence-electron chi connectivity index (χ4n) is 3.13. The second-order valence-electron chi connectivity index (χ2n) is 6.28. The molecule has 1 atom stereocenters. The van der Waals surface area contributed by atoms with Crippen LogP contribution >= 0.6 is 0 Å². The molecule has 21 heavy (non-hydrogen) atoms. The Hall–Kier alpha value is -1.35. The topological polar surface area (TPSA) is 38.3 Å². The van der Waals surface area contributed by atoms with Crippen LogP contribution in [0.3, 0.4) is 0 Å². The summed E-state index contributed by atoms with van der Waals surface area (Å²) in [4.78, 5) is 12.1. The van der Waals surface area contributed by atoms with Gasteiger partial charge in [-0.25, -0.2) is 0 Å². The molecule has 1 amide bonds. The van der Waals surface area contributed by atoms with E-state index in [1.54, 1.807) is 7.11 Å². The van der Waals surface area contributed by atoms with Gasteiger partial charge in [0.05, 0.1) is 6.61 Å². The third-order valence-electron chi connectivity index (χ3n) is 4.39. The molecule has 1 aromatic carbocycles. The summed E-state index contributed by atoms with van der Waals surface area (Å²) in [5.41, 5.74) is 4.29. The summed E-state index contributed by atoms with van der Waals surface area (Å²) in [5.74, 6) is 0.863. The number of benzene rings is 1. The minimum absolute atomic E-state index is 0.117. The first-order valence-corrected chi connectivity index (χ1v) is 7.99. The number of methoxy groups -OCH3 is 1. The van der Waals surface area contributed by atoms with E-state index in [2.05, 4.69) is 37.4 Å². The zero-order valence-corrected chi connectivity index (χ0v) is 13.4. The van der Waals surface area contributed by atoms with Gasteiger partial charge >= 0.3 is 0 Å². The van der Waals surface area contributed by atoms with Gasteiger partial charge in [-0.3, -0.25) is 4.79 Å². The number of aryl methyl sites for hydroxylation is 2. The highest BCUT2D eigenvalue weighted by Gasteiger charge is 2.21. The molecule has 0 spiro atoms. The molecule has 1 unspecified atom stereocenters. The molecule has 0 saturated heterocycles. The lowest BCUT2D eigenvalue weighted by molar-refractivity contribution is -0.121. The number of hydrogen-bond acceptors (Lipinski definition) is 2. The Bertz CT molecular complexity index is 482. The van der Waals surface area contributed by atoms with Gasteiger partial charge in [0.1, 0.15) is 0 Å². The van der Waals surface area contributed by atoms with Gasteiger partial charge in [0.2, 0.25) is 5.91 Å². The van der Waals surface area contributed by atoms with Crippen LogP contribution in [0.2, 0.25) is 0 Å². The summed E-state index contributed by atoms with van der Waals surface area (Å²) < 4.78 is 4.96. The zero-order chi connectivity index (χ0) is 15.2. The minimum atomic E-state index is 0.117. The summed E-state index contributed by atoms with van der Waals surface area (Å²) in [6.45, 7) is 5.54. The predicted octanol–water partition coefficient (Wildman–Crippen LogP) is 3.07. The molecule has 1 aromatic rings. The third-order valence-corrected chi connectivity index (χ3v) is 4.39. The van der Waals surface area contributed by atoms with Crippen molar-refractivity contribution >= 4 is 5.91 Å². The van der Waals surface area contributed by atoms with E-state index < -0.39 is 0 Å². The van der Waals surface area contributed by atoms with Crippen molar-refractivity contribution in [3.05, 3.63) is 34.9 Å². The van der Waals surface area contributed by atoms with Crippen LogP contribution in [0.4, 0.5) is 0 Å². The van der Waals surface area contributed by atoms with Crippen molar-refractivity contribution in [3.63, 3.8) is 0 Å². The molecular weight excluding hydrogens is 262 g/mol. The number of amides is 1. The molecule has 1 aliphatic carbocycles. The van der Waals surface area contributed by atoms with Gasteiger partial charge in [-0.05, 0) is 47.8 Å². The monoisotopic (exact) mass is 289 g/mol. The molecular formula is C18H27NO2. The zero-order valence-electron chi connectivity index (χ0n) is 13.4. The number of rotatable bonds is 7. The van der Waals surface area contributed by atoms with Crippen LogP contribution in [-0.2, 0) is 22.4 Å². The molecule has 2 rings (SSSR count). The van der Waals surface area contributed by atoms with E-state index in [1.807, 2.05) is 0 Å². The highest BCUT2D eigenvalue weighted by atomic mass is 16.5. The maximum atomic E-state index is 12.1. The normalized spacial score (nSPS) is 15.0. The van der Waals surface area contributed by atoms with Gasteiger partial charge in [-0.2, -0.15) is 0 Å². The maximum absolute atomic E-state index is 12.1. The lowest BCUT2D eigenvalue weighted by Gasteiger charge is -2.22. The number of carbonyl (C=O) groups is 1. The predicted molar refractivity (Wildman–Crippen MR) is 85.5 cm³/mol. The van der Waals surface area contributed by atoms with Gasteiger partial charge in [-0.15, -0.1) is 0 Å². The van der Waals surface area contributed by atoms with Crippen LogP contribution < -0.4 is 5.32 Å². The average molecular weight is 289 g/mol. The third kappa shape index (κ3) is 4.31. The fraction of sp³-hybridized carbons (Fsp3) is 0.611. The molecule has 0 aromatic heterocycles. The van der Waals surface area contributed by atoms with Gasteiger partial charge in [0, 0.05) is 20.1 Å². The Kier molecular flexibility index (Phi) is 5.80. The first kappa shape index (κ1) is 16.0. The highest BCUT2D eigenvalue weighted by Crippen LogP contribution is 2.31. The minimum Gasteiger partial charge on any atom is -0.383 e. The van der Waals surface area contributed by atoms with Crippen molar-refractivity contribution in [1.82, 2.24) is 5.32 Å². The smallest absolute Gasteiger partial charge is 0.220 e. The van der Waals surface area contributed by atoms with E-state index in [9.17, 15) is 4.79 Å². The summed E-state index contributed by atoms with van der Waals surface area (Å²) in [6, 6.07) is 6.81. The highest BCUT2D eigenvalue weighted by molar-refractivity contribution is 5.76. The molecule has 0 heterocycles. The first-order chi connectivity index (χ1) is 10.1. The number of fused-ring (bicyclic) bond motifs is 1. The van der Waals surface area contributed by atoms with E-state index in [0.717, 1.165) is 0 Å². The first-order valence-electron chi connectivity index (χ1n) is 7.99. The van der Waals surface area contributed by atoms with Gasteiger partial charge in [0.15, 0.2) is 0 Å². The Labute approximate surface area is 128 Å². The van der Waals surface area contributed by atoms with Crippen molar-refractivity contribution in [3.8, 4) is 0 Å². The van der Waals surface area contributed by atoms with Gasteiger partial charge < -0.3 is 10.1 Å². The van der Waals surface area contributed by atoms with Crippen LogP contribution in [0.15, 0.2) is 18.2 Å². The van der Waals surface area contributed by atoms with E-state index in [0.29, 0.717) is 31.4 Å². The Morgan fingerprint density at radius 3 is 2.76 bits per heavy atom.